The summed E-state index contributed by atoms with van der Waals surface area (Å²) >= 11 is 0. The van der Waals surface area contributed by atoms with Crippen LogP contribution < -0.4 is 15.4 Å². The zero-order chi connectivity index (χ0) is 15.9. The number of carbonyl (C=O) groups excluding carboxylic acids is 1. The fourth-order valence-electron chi connectivity index (χ4n) is 1.91. The van der Waals surface area contributed by atoms with Crippen LogP contribution in [0.15, 0.2) is 48.5 Å². The molecule has 0 aliphatic rings. The predicted molar refractivity (Wildman–Crippen MR) is 83.6 cm³/mol. The summed E-state index contributed by atoms with van der Waals surface area (Å²) in [6.07, 6.45) is -1.15. The number of benzene rings is 2. The lowest BCUT2D eigenvalue weighted by atomic mass is 10.1. The number of amides is 2. The molecule has 0 aliphatic carbocycles. The van der Waals surface area contributed by atoms with E-state index in [9.17, 15) is 9.59 Å². The van der Waals surface area contributed by atoms with Crippen LogP contribution in [-0.4, -0.2) is 17.3 Å². The molecule has 114 valence electrons. The molecular weight excluding hydrogens is 284 g/mol. The molecular formula is C16H16N2O4. The van der Waals surface area contributed by atoms with Gasteiger partial charge in [-0.3, -0.25) is 10.6 Å². The van der Waals surface area contributed by atoms with Crippen molar-refractivity contribution < 1.29 is 19.4 Å². The maximum Gasteiger partial charge on any atom is 0.417 e. The molecule has 0 heterocycles. The molecule has 2 aromatic rings. The Morgan fingerprint density at radius 1 is 1.05 bits per heavy atom. The zero-order valence-corrected chi connectivity index (χ0v) is 12.0. The molecule has 6 heteroatoms. The predicted octanol–water partition coefficient (Wildman–Crippen LogP) is 3.95. The molecule has 0 unspecified atom stereocenters. The van der Waals surface area contributed by atoms with Crippen molar-refractivity contribution in [2.45, 2.75) is 13.3 Å². The molecule has 0 atom stereocenters. The Balaban J connectivity index is 2.12. The third kappa shape index (κ3) is 4.24. The van der Waals surface area contributed by atoms with E-state index in [4.69, 9.17) is 9.84 Å². The Morgan fingerprint density at radius 3 is 2.41 bits per heavy atom. The minimum atomic E-state index is -1.18. The van der Waals surface area contributed by atoms with Crippen LogP contribution in [0.4, 0.5) is 21.0 Å². The lowest BCUT2D eigenvalue weighted by Crippen LogP contribution is -2.17. The summed E-state index contributed by atoms with van der Waals surface area (Å²) in [7, 11) is 0. The average molecular weight is 300 g/mol. The molecule has 0 saturated carbocycles. The van der Waals surface area contributed by atoms with Crippen molar-refractivity contribution in [3.05, 3.63) is 54.1 Å². The summed E-state index contributed by atoms with van der Waals surface area (Å²) in [6.45, 7) is 1.92. The molecule has 22 heavy (non-hydrogen) atoms. The number of anilines is 2. The zero-order valence-electron chi connectivity index (χ0n) is 12.0. The third-order valence-electron chi connectivity index (χ3n) is 2.92. The fourth-order valence-corrected chi connectivity index (χ4v) is 1.91. The van der Waals surface area contributed by atoms with Crippen molar-refractivity contribution in [2.75, 3.05) is 10.6 Å². The number of carbonyl (C=O) groups is 2. The first-order valence-electron chi connectivity index (χ1n) is 6.75. The number of ether oxygens (including phenoxy) is 1. The van der Waals surface area contributed by atoms with Gasteiger partial charge in [0.1, 0.15) is 5.75 Å². The average Bonchev–Trinajstić information content (AvgIpc) is 2.48. The summed E-state index contributed by atoms with van der Waals surface area (Å²) in [5.74, 6) is 0.321. The molecule has 0 aromatic heterocycles. The van der Waals surface area contributed by atoms with E-state index >= 15 is 0 Å². The highest BCUT2D eigenvalue weighted by molar-refractivity contribution is 5.87. The summed E-state index contributed by atoms with van der Waals surface area (Å²) < 4.78 is 5.28. The SMILES string of the molecule is CCc1ccc(NC(=O)O)cc1OC(=O)Nc1ccccc1. The van der Waals surface area contributed by atoms with Gasteiger partial charge in [-0.15, -0.1) is 0 Å². The van der Waals surface area contributed by atoms with Gasteiger partial charge in [0.2, 0.25) is 0 Å². The van der Waals surface area contributed by atoms with E-state index in [0.717, 1.165) is 5.56 Å². The van der Waals surface area contributed by atoms with Gasteiger partial charge in [0, 0.05) is 17.4 Å². The third-order valence-corrected chi connectivity index (χ3v) is 2.92. The number of nitrogens with one attached hydrogen (secondary N) is 2. The molecule has 0 fully saturated rings. The van der Waals surface area contributed by atoms with Gasteiger partial charge in [-0.2, -0.15) is 0 Å². The van der Waals surface area contributed by atoms with Crippen molar-refractivity contribution in [1.82, 2.24) is 0 Å². The Labute approximate surface area is 127 Å². The van der Waals surface area contributed by atoms with E-state index in [0.29, 0.717) is 23.5 Å². The monoisotopic (exact) mass is 300 g/mol. The van der Waals surface area contributed by atoms with Crippen molar-refractivity contribution in [2.24, 2.45) is 0 Å². The number of carboxylic acid groups (broad SMARTS) is 1. The minimum Gasteiger partial charge on any atom is -0.465 e. The fraction of sp³-hybridized carbons (Fsp3) is 0.125. The van der Waals surface area contributed by atoms with E-state index in [1.54, 1.807) is 36.4 Å². The molecule has 0 saturated heterocycles. The van der Waals surface area contributed by atoms with Crippen molar-refractivity contribution >= 4 is 23.6 Å². The second-order valence-electron chi connectivity index (χ2n) is 4.49. The van der Waals surface area contributed by atoms with Crippen molar-refractivity contribution in [3.63, 3.8) is 0 Å². The number of rotatable bonds is 4. The van der Waals surface area contributed by atoms with Crippen LogP contribution in [0, 0.1) is 0 Å². The molecule has 6 nitrogen and oxygen atoms in total. The number of para-hydroxylation sites is 1. The summed E-state index contributed by atoms with van der Waals surface area (Å²) in [5, 5.41) is 13.6. The van der Waals surface area contributed by atoms with E-state index in [1.807, 2.05) is 13.0 Å². The van der Waals surface area contributed by atoms with Crippen LogP contribution in [0.3, 0.4) is 0 Å². The minimum absolute atomic E-state index is 0.321. The summed E-state index contributed by atoms with van der Waals surface area (Å²) in [5.41, 5.74) is 1.76. The Hall–Kier alpha value is -3.02. The van der Waals surface area contributed by atoms with Gasteiger partial charge in [0.15, 0.2) is 0 Å². The molecule has 0 spiro atoms. The second kappa shape index (κ2) is 7.12. The molecule has 0 radical (unpaired) electrons. The van der Waals surface area contributed by atoms with Gasteiger partial charge in [-0.05, 0) is 30.2 Å². The maximum atomic E-state index is 11.9. The van der Waals surface area contributed by atoms with Gasteiger partial charge in [0.25, 0.3) is 0 Å². The van der Waals surface area contributed by atoms with Crippen LogP contribution in [-0.2, 0) is 6.42 Å². The summed E-state index contributed by atoms with van der Waals surface area (Å²) in [4.78, 5) is 22.6. The molecule has 0 aliphatic heterocycles. The largest absolute Gasteiger partial charge is 0.465 e. The highest BCUT2D eigenvalue weighted by Crippen LogP contribution is 2.24. The van der Waals surface area contributed by atoms with Gasteiger partial charge in [0.05, 0.1) is 0 Å². The van der Waals surface area contributed by atoms with Gasteiger partial charge in [-0.25, -0.2) is 9.59 Å². The molecule has 0 bridgehead atoms. The number of hydrogen-bond acceptors (Lipinski definition) is 3. The van der Waals surface area contributed by atoms with Crippen LogP contribution in [0.5, 0.6) is 5.75 Å². The van der Waals surface area contributed by atoms with Crippen molar-refractivity contribution in [1.29, 1.82) is 0 Å². The van der Waals surface area contributed by atoms with Gasteiger partial charge < -0.3 is 9.84 Å². The Bertz CT molecular complexity index is 671. The van der Waals surface area contributed by atoms with Crippen LogP contribution in [0.1, 0.15) is 12.5 Å². The molecule has 2 aromatic carbocycles. The van der Waals surface area contributed by atoms with E-state index in [-0.39, 0.29) is 0 Å². The number of hydrogen-bond donors (Lipinski definition) is 3. The standard InChI is InChI=1S/C16H16N2O4/c1-2-11-8-9-13(17-15(19)20)10-14(11)22-16(21)18-12-6-4-3-5-7-12/h3-10,17H,2H2,1H3,(H,18,21)(H,19,20). The lowest BCUT2D eigenvalue weighted by Gasteiger charge is -2.11. The van der Waals surface area contributed by atoms with E-state index < -0.39 is 12.2 Å². The Morgan fingerprint density at radius 2 is 1.77 bits per heavy atom. The van der Waals surface area contributed by atoms with Crippen LogP contribution in [0.2, 0.25) is 0 Å². The topological polar surface area (TPSA) is 87.7 Å². The first-order chi connectivity index (χ1) is 10.6. The van der Waals surface area contributed by atoms with E-state index in [2.05, 4.69) is 10.6 Å². The van der Waals surface area contributed by atoms with Crippen molar-refractivity contribution in [3.8, 4) is 5.75 Å². The van der Waals surface area contributed by atoms with Gasteiger partial charge in [-0.1, -0.05) is 31.2 Å². The molecule has 2 amide bonds. The van der Waals surface area contributed by atoms with E-state index in [1.165, 1.54) is 6.07 Å². The van der Waals surface area contributed by atoms with Crippen LogP contribution >= 0.6 is 0 Å². The smallest absolute Gasteiger partial charge is 0.417 e. The normalized spacial score (nSPS) is 9.86. The quantitative estimate of drug-likeness (QED) is 0.797. The first-order valence-corrected chi connectivity index (χ1v) is 6.75. The Kier molecular flexibility index (Phi) is 4.98. The molecule has 3 N–H and O–H groups in total. The first kappa shape index (κ1) is 15.4. The highest BCUT2D eigenvalue weighted by atomic mass is 16.6. The lowest BCUT2D eigenvalue weighted by molar-refractivity contribution is 0.209. The maximum absolute atomic E-state index is 11.9. The summed E-state index contributed by atoms with van der Waals surface area (Å²) in [6, 6.07) is 13.7. The highest BCUT2D eigenvalue weighted by Gasteiger charge is 2.10. The number of aryl methyl sites for hydroxylation is 1. The second-order valence-corrected chi connectivity index (χ2v) is 4.49. The molecule has 2 rings (SSSR count). The van der Waals surface area contributed by atoms with Gasteiger partial charge >= 0.3 is 12.2 Å². The van der Waals surface area contributed by atoms with Crippen LogP contribution in [0.25, 0.3) is 0 Å².